The topological polar surface area (TPSA) is 21.3 Å². The minimum absolute atomic E-state index is 0.593. The van der Waals surface area contributed by atoms with Gasteiger partial charge in [0.25, 0.3) is 0 Å². The van der Waals surface area contributed by atoms with Crippen molar-refractivity contribution in [3.63, 3.8) is 0 Å². The second-order valence-electron chi connectivity index (χ2n) is 5.13. The molecule has 1 aliphatic heterocycles. The Morgan fingerprint density at radius 2 is 2.19 bits per heavy atom. The van der Waals surface area contributed by atoms with Crippen molar-refractivity contribution in [3.05, 3.63) is 0 Å². The number of rotatable bonds is 9. The van der Waals surface area contributed by atoms with Crippen molar-refractivity contribution in [2.75, 3.05) is 13.2 Å². The minimum Gasteiger partial charge on any atom is -0.378 e. The van der Waals surface area contributed by atoms with E-state index in [2.05, 4.69) is 19.2 Å². The average molecular weight is 227 g/mol. The van der Waals surface area contributed by atoms with Crippen LogP contribution in [0.1, 0.15) is 65.2 Å². The third kappa shape index (κ3) is 6.49. The molecule has 0 aromatic heterocycles. The Bertz CT molecular complexity index is 155. The Morgan fingerprint density at radius 1 is 1.31 bits per heavy atom. The maximum absolute atomic E-state index is 5.62. The number of unbranched alkanes of at least 4 members (excludes halogenated alkanes) is 2. The molecule has 2 unspecified atom stereocenters. The predicted octanol–water partition coefficient (Wildman–Crippen LogP) is 3.50. The second-order valence-corrected chi connectivity index (χ2v) is 5.13. The largest absolute Gasteiger partial charge is 0.378 e. The monoisotopic (exact) mass is 227 g/mol. The van der Waals surface area contributed by atoms with Gasteiger partial charge in [0.1, 0.15) is 0 Å². The summed E-state index contributed by atoms with van der Waals surface area (Å²) < 4.78 is 5.62. The summed E-state index contributed by atoms with van der Waals surface area (Å²) in [4.78, 5) is 0. The highest BCUT2D eigenvalue weighted by Gasteiger charge is 2.14. The molecule has 0 radical (unpaired) electrons. The molecule has 1 aliphatic rings. The van der Waals surface area contributed by atoms with E-state index in [1.54, 1.807) is 0 Å². The average Bonchev–Trinajstić information content (AvgIpc) is 2.79. The van der Waals surface area contributed by atoms with Gasteiger partial charge in [-0.3, -0.25) is 0 Å². The summed E-state index contributed by atoms with van der Waals surface area (Å²) in [7, 11) is 0. The molecule has 0 spiro atoms. The first-order valence-corrected chi connectivity index (χ1v) is 7.18. The standard InChI is InChI=1S/C14H29NO/c1-3-11-15-13(2)8-5-4-6-9-14-10-7-12-16-14/h13-15H,3-12H2,1-2H3. The molecule has 1 fully saturated rings. The van der Waals surface area contributed by atoms with Gasteiger partial charge in [-0.2, -0.15) is 0 Å². The van der Waals surface area contributed by atoms with Gasteiger partial charge in [0.05, 0.1) is 6.10 Å². The van der Waals surface area contributed by atoms with Crippen molar-refractivity contribution >= 4 is 0 Å². The molecule has 1 saturated heterocycles. The van der Waals surface area contributed by atoms with E-state index in [9.17, 15) is 0 Å². The van der Waals surface area contributed by atoms with E-state index in [1.807, 2.05) is 0 Å². The molecule has 2 nitrogen and oxygen atoms in total. The van der Waals surface area contributed by atoms with E-state index in [-0.39, 0.29) is 0 Å². The zero-order valence-electron chi connectivity index (χ0n) is 11.1. The molecule has 0 aromatic carbocycles. The van der Waals surface area contributed by atoms with Crippen LogP contribution in [-0.2, 0) is 4.74 Å². The Labute approximate surface area is 101 Å². The summed E-state index contributed by atoms with van der Waals surface area (Å²) in [6.45, 7) is 6.69. The molecular weight excluding hydrogens is 198 g/mol. The Kier molecular flexibility index (Phi) is 7.87. The minimum atomic E-state index is 0.593. The fraction of sp³-hybridized carbons (Fsp3) is 1.00. The third-order valence-corrected chi connectivity index (χ3v) is 3.43. The molecule has 16 heavy (non-hydrogen) atoms. The quantitative estimate of drug-likeness (QED) is 0.609. The molecular formula is C14H29NO. The van der Waals surface area contributed by atoms with Crippen LogP contribution in [0.15, 0.2) is 0 Å². The fourth-order valence-electron chi connectivity index (χ4n) is 2.36. The van der Waals surface area contributed by atoms with Gasteiger partial charge in [-0.15, -0.1) is 0 Å². The molecule has 1 heterocycles. The van der Waals surface area contributed by atoms with Crippen LogP contribution in [0.4, 0.5) is 0 Å². The molecule has 1 rings (SSSR count). The summed E-state index contributed by atoms with van der Waals surface area (Å²) in [5.74, 6) is 0. The summed E-state index contributed by atoms with van der Waals surface area (Å²) >= 11 is 0. The van der Waals surface area contributed by atoms with Crippen molar-refractivity contribution in [1.82, 2.24) is 5.32 Å². The highest BCUT2D eigenvalue weighted by Crippen LogP contribution is 2.18. The van der Waals surface area contributed by atoms with Crippen LogP contribution in [-0.4, -0.2) is 25.3 Å². The van der Waals surface area contributed by atoms with Gasteiger partial charge < -0.3 is 10.1 Å². The number of hydrogen-bond acceptors (Lipinski definition) is 2. The fourth-order valence-corrected chi connectivity index (χ4v) is 2.36. The van der Waals surface area contributed by atoms with Gasteiger partial charge in [0.15, 0.2) is 0 Å². The summed E-state index contributed by atoms with van der Waals surface area (Å²) in [5.41, 5.74) is 0. The molecule has 0 bridgehead atoms. The maximum Gasteiger partial charge on any atom is 0.0576 e. The Balaban J connectivity index is 1.83. The van der Waals surface area contributed by atoms with E-state index in [1.165, 1.54) is 51.4 Å². The number of nitrogens with one attached hydrogen (secondary N) is 1. The van der Waals surface area contributed by atoms with Crippen LogP contribution < -0.4 is 5.32 Å². The molecule has 1 N–H and O–H groups in total. The SMILES string of the molecule is CCCNC(C)CCCCCC1CCCO1. The maximum atomic E-state index is 5.62. The van der Waals surface area contributed by atoms with Crippen LogP contribution >= 0.6 is 0 Å². The van der Waals surface area contributed by atoms with Gasteiger partial charge in [-0.25, -0.2) is 0 Å². The molecule has 0 aromatic rings. The van der Waals surface area contributed by atoms with Crippen LogP contribution in [0.5, 0.6) is 0 Å². The smallest absolute Gasteiger partial charge is 0.0576 e. The van der Waals surface area contributed by atoms with Crippen molar-refractivity contribution in [3.8, 4) is 0 Å². The van der Waals surface area contributed by atoms with Gasteiger partial charge >= 0.3 is 0 Å². The van der Waals surface area contributed by atoms with Crippen molar-refractivity contribution in [2.24, 2.45) is 0 Å². The first-order valence-electron chi connectivity index (χ1n) is 7.18. The lowest BCUT2D eigenvalue weighted by Gasteiger charge is -2.13. The highest BCUT2D eigenvalue weighted by molar-refractivity contribution is 4.65. The predicted molar refractivity (Wildman–Crippen MR) is 69.8 cm³/mol. The zero-order chi connectivity index (χ0) is 11.6. The molecule has 96 valence electrons. The van der Waals surface area contributed by atoms with Crippen LogP contribution in [0.3, 0.4) is 0 Å². The first-order chi connectivity index (χ1) is 7.83. The Hall–Kier alpha value is -0.0800. The molecule has 0 saturated carbocycles. The third-order valence-electron chi connectivity index (χ3n) is 3.43. The first kappa shape index (κ1) is 14.0. The van der Waals surface area contributed by atoms with Crippen LogP contribution in [0.25, 0.3) is 0 Å². The van der Waals surface area contributed by atoms with Gasteiger partial charge in [0.2, 0.25) is 0 Å². The summed E-state index contributed by atoms with van der Waals surface area (Å²) in [5, 5.41) is 3.54. The van der Waals surface area contributed by atoms with E-state index >= 15 is 0 Å². The zero-order valence-corrected chi connectivity index (χ0v) is 11.1. The second kappa shape index (κ2) is 9.00. The molecule has 2 heteroatoms. The normalized spacial score (nSPS) is 22.5. The van der Waals surface area contributed by atoms with E-state index in [0.717, 1.165) is 13.2 Å². The van der Waals surface area contributed by atoms with Gasteiger partial charge in [-0.1, -0.05) is 26.2 Å². The molecule has 0 amide bonds. The molecule has 2 atom stereocenters. The summed E-state index contributed by atoms with van der Waals surface area (Å²) in [6, 6.07) is 0.697. The van der Waals surface area contributed by atoms with E-state index in [4.69, 9.17) is 4.74 Å². The Morgan fingerprint density at radius 3 is 2.88 bits per heavy atom. The lowest BCUT2D eigenvalue weighted by molar-refractivity contribution is 0.102. The van der Waals surface area contributed by atoms with Crippen LogP contribution in [0, 0.1) is 0 Å². The van der Waals surface area contributed by atoms with Crippen molar-refractivity contribution in [2.45, 2.75) is 77.4 Å². The van der Waals surface area contributed by atoms with Crippen LogP contribution in [0.2, 0.25) is 0 Å². The highest BCUT2D eigenvalue weighted by atomic mass is 16.5. The van der Waals surface area contributed by atoms with Gasteiger partial charge in [0, 0.05) is 12.6 Å². The lowest BCUT2D eigenvalue weighted by atomic mass is 10.0. The lowest BCUT2D eigenvalue weighted by Crippen LogP contribution is -2.26. The van der Waals surface area contributed by atoms with E-state index in [0.29, 0.717) is 12.1 Å². The summed E-state index contributed by atoms with van der Waals surface area (Å²) in [6.07, 6.45) is 11.1. The molecule has 0 aliphatic carbocycles. The number of ether oxygens (including phenoxy) is 1. The number of hydrogen-bond donors (Lipinski definition) is 1. The van der Waals surface area contributed by atoms with E-state index < -0.39 is 0 Å². The van der Waals surface area contributed by atoms with Crippen molar-refractivity contribution in [1.29, 1.82) is 0 Å². The van der Waals surface area contributed by atoms with Crippen molar-refractivity contribution < 1.29 is 4.74 Å². The van der Waals surface area contributed by atoms with Gasteiger partial charge in [-0.05, 0) is 45.6 Å².